The lowest BCUT2D eigenvalue weighted by Gasteiger charge is -2.33. The number of fused-ring (bicyclic) bond motifs is 1. The number of thioether (sulfide) groups is 1. The Labute approximate surface area is 184 Å². The number of benzene rings is 2. The zero-order chi connectivity index (χ0) is 21.5. The van der Waals surface area contributed by atoms with Crippen molar-refractivity contribution >= 4 is 35.4 Å². The van der Waals surface area contributed by atoms with Gasteiger partial charge in [0.1, 0.15) is 13.2 Å². The second kappa shape index (κ2) is 7.77. The Balaban J connectivity index is 1.43. The molecular weight excluding hydrogens is 414 g/mol. The molecule has 2 aromatic rings. The molecule has 2 aromatic carbocycles. The molecule has 0 radical (unpaired) electrons. The lowest BCUT2D eigenvalue weighted by Crippen LogP contribution is -2.51. The van der Waals surface area contributed by atoms with Gasteiger partial charge in [0.2, 0.25) is 5.91 Å². The fourth-order valence-electron chi connectivity index (χ4n) is 4.34. The number of para-hydroxylation sites is 1. The van der Waals surface area contributed by atoms with Crippen molar-refractivity contribution in [3.8, 4) is 0 Å². The van der Waals surface area contributed by atoms with Gasteiger partial charge in [-0.3, -0.25) is 9.69 Å². The van der Waals surface area contributed by atoms with Crippen LogP contribution in [0.4, 0.5) is 10.5 Å². The average Bonchev–Trinajstić information content (AvgIpc) is 3.39. The maximum Gasteiger partial charge on any atom is 0.338 e. The smallest absolute Gasteiger partial charge is 0.338 e. The SMILES string of the molecule is CSc1ccc([C@H]2NC(=O)N(CC(=O)N3CCc4ccccc43)C3=C2C(=O)OC3)cc1. The van der Waals surface area contributed by atoms with E-state index in [4.69, 9.17) is 4.74 Å². The molecule has 0 fully saturated rings. The Morgan fingerprint density at radius 2 is 1.94 bits per heavy atom. The topological polar surface area (TPSA) is 79.0 Å². The zero-order valence-corrected chi connectivity index (χ0v) is 17.8. The number of rotatable bonds is 4. The fraction of sp³-hybridized carbons (Fsp3) is 0.261. The predicted octanol–water partition coefficient (Wildman–Crippen LogP) is 2.88. The molecule has 5 rings (SSSR count). The van der Waals surface area contributed by atoms with E-state index in [9.17, 15) is 14.4 Å². The molecule has 158 valence electrons. The van der Waals surface area contributed by atoms with E-state index < -0.39 is 18.0 Å². The maximum absolute atomic E-state index is 13.1. The van der Waals surface area contributed by atoms with Crippen LogP contribution in [-0.4, -0.2) is 48.8 Å². The molecule has 3 heterocycles. The van der Waals surface area contributed by atoms with Gasteiger partial charge in [0.15, 0.2) is 0 Å². The van der Waals surface area contributed by atoms with Crippen molar-refractivity contribution in [2.24, 2.45) is 0 Å². The van der Waals surface area contributed by atoms with Gasteiger partial charge in [-0.2, -0.15) is 0 Å². The van der Waals surface area contributed by atoms with E-state index >= 15 is 0 Å². The number of hydrogen-bond acceptors (Lipinski definition) is 5. The van der Waals surface area contributed by atoms with Gasteiger partial charge in [-0.15, -0.1) is 11.8 Å². The molecule has 1 N–H and O–H groups in total. The van der Waals surface area contributed by atoms with Crippen LogP contribution in [0.25, 0.3) is 0 Å². The molecule has 0 bridgehead atoms. The quantitative estimate of drug-likeness (QED) is 0.590. The lowest BCUT2D eigenvalue weighted by molar-refractivity contribution is -0.136. The molecule has 0 unspecified atom stereocenters. The van der Waals surface area contributed by atoms with Gasteiger partial charge in [0.05, 0.1) is 17.3 Å². The highest BCUT2D eigenvalue weighted by Gasteiger charge is 2.43. The van der Waals surface area contributed by atoms with Crippen molar-refractivity contribution in [1.29, 1.82) is 0 Å². The summed E-state index contributed by atoms with van der Waals surface area (Å²) >= 11 is 1.62. The first kappa shape index (κ1) is 19.7. The van der Waals surface area contributed by atoms with Crippen molar-refractivity contribution < 1.29 is 19.1 Å². The molecular formula is C23H21N3O4S. The summed E-state index contributed by atoms with van der Waals surface area (Å²) in [5.74, 6) is -0.646. The van der Waals surface area contributed by atoms with Gasteiger partial charge in [0, 0.05) is 17.1 Å². The molecule has 0 spiro atoms. The summed E-state index contributed by atoms with van der Waals surface area (Å²) in [7, 11) is 0. The largest absolute Gasteiger partial charge is 0.456 e. The van der Waals surface area contributed by atoms with Gasteiger partial charge in [-0.1, -0.05) is 30.3 Å². The van der Waals surface area contributed by atoms with Crippen LogP contribution in [0.1, 0.15) is 17.2 Å². The molecule has 3 aliphatic rings. The van der Waals surface area contributed by atoms with E-state index in [-0.39, 0.29) is 19.1 Å². The Kier molecular flexibility index (Phi) is 4.94. The van der Waals surface area contributed by atoms with Crippen LogP contribution < -0.4 is 10.2 Å². The van der Waals surface area contributed by atoms with Crippen LogP contribution in [0.3, 0.4) is 0 Å². The minimum atomic E-state index is -0.590. The third-order valence-corrected chi connectivity index (χ3v) is 6.67. The Morgan fingerprint density at radius 3 is 2.71 bits per heavy atom. The molecule has 0 aromatic heterocycles. The van der Waals surface area contributed by atoms with Crippen LogP contribution in [-0.2, 0) is 20.7 Å². The molecule has 1 atom stereocenters. The monoisotopic (exact) mass is 435 g/mol. The Bertz CT molecular complexity index is 1110. The summed E-state index contributed by atoms with van der Waals surface area (Å²) in [4.78, 5) is 42.7. The highest BCUT2D eigenvalue weighted by Crippen LogP contribution is 2.36. The fourth-order valence-corrected chi connectivity index (χ4v) is 4.75. The Hall–Kier alpha value is -3.26. The summed E-state index contributed by atoms with van der Waals surface area (Å²) in [6.07, 6.45) is 2.78. The summed E-state index contributed by atoms with van der Waals surface area (Å²) in [5, 5.41) is 2.89. The lowest BCUT2D eigenvalue weighted by atomic mass is 9.96. The van der Waals surface area contributed by atoms with Crippen molar-refractivity contribution in [1.82, 2.24) is 10.2 Å². The summed E-state index contributed by atoms with van der Waals surface area (Å²) in [5.41, 5.74) is 3.66. The highest BCUT2D eigenvalue weighted by molar-refractivity contribution is 7.98. The molecule has 3 aliphatic heterocycles. The first-order chi connectivity index (χ1) is 15.1. The number of nitrogens with one attached hydrogen (secondary N) is 1. The first-order valence-corrected chi connectivity index (χ1v) is 11.3. The van der Waals surface area contributed by atoms with E-state index in [1.165, 1.54) is 4.90 Å². The standard InChI is InChI=1S/C23H21N3O4S/c1-31-16-8-6-15(7-9-16)21-20-18(13-30-22(20)28)26(23(29)24-21)12-19(27)25-11-10-14-4-2-3-5-17(14)25/h2-9,21H,10-13H2,1H3,(H,24,29)/t21-/m1/s1. The summed E-state index contributed by atoms with van der Waals surface area (Å²) in [6.45, 7) is 0.429. The highest BCUT2D eigenvalue weighted by atomic mass is 32.2. The second-order valence-corrected chi connectivity index (χ2v) is 8.48. The van der Waals surface area contributed by atoms with Gasteiger partial charge in [-0.25, -0.2) is 9.59 Å². The van der Waals surface area contributed by atoms with Crippen LogP contribution in [0, 0.1) is 0 Å². The summed E-state index contributed by atoms with van der Waals surface area (Å²) in [6, 6.07) is 14.5. The number of nitrogens with zero attached hydrogens (tertiary/aromatic N) is 2. The van der Waals surface area contributed by atoms with Gasteiger partial charge in [-0.05, 0) is 42.0 Å². The number of anilines is 1. The maximum atomic E-state index is 13.1. The van der Waals surface area contributed by atoms with E-state index in [1.54, 1.807) is 16.7 Å². The number of hydrogen-bond donors (Lipinski definition) is 1. The Morgan fingerprint density at radius 1 is 1.16 bits per heavy atom. The van der Waals surface area contributed by atoms with Crippen molar-refractivity contribution in [2.75, 3.05) is 30.9 Å². The van der Waals surface area contributed by atoms with Crippen molar-refractivity contribution in [3.05, 3.63) is 70.9 Å². The molecule has 0 saturated heterocycles. The van der Waals surface area contributed by atoms with Gasteiger partial charge >= 0.3 is 12.0 Å². The van der Waals surface area contributed by atoms with Gasteiger partial charge in [0.25, 0.3) is 0 Å². The number of amides is 3. The minimum Gasteiger partial charge on any atom is -0.456 e. The normalized spacial score (nSPS) is 19.8. The number of urea groups is 1. The van der Waals surface area contributed by atoms with E-state index in [1.807, 2.05) is 54.8 Å². The number of ether oxygens (including phenoxy) is 1. The minimum absolute atomic E-state index is 0.00908. The first-order valence-electron chi connectivity index (χ1n) is 10.1. The van der Waals surface area contributed by atoms with Gasteiger partial charge < -0.3 is 15.0 Å². The molecule has 8 heteroatoms. The number of esters is 1. The molecule has 7 nitrogen and oxygen atoms in total. The molecule has 31 heavy (non-hydrogen) atoms. The van der Waals surface area contributed by atoms with Crippen LogP contribution in [0.15, 0.2) is 64.7 Å². The van der Waals surface area contributed by atoms with Crippen LogP contribution in [0.2, 0.25) is 0 Å². The predicted molar refractivity (Wildman–Crippen MR) is 117 cm³/mol. The van der Waals surface area contributed by atoms with E-state index in [0.29, 0.717) is 17.8 Å². The molecule has 0 aliphatic carbocycles. The van der Waals surface area contributed by atoms with Crippen LogP contribution >= 0.6 is 11.8 Å². The van der Waals surface area contributed by atoms with E-state index in [2.05, 4.69) is 5.32 Å². The number of cyclic esters (lactones) is 1. The van der Waals surface area contributed by atoms with Crippen molar-refractivity contribution in [2.45, 2.75) is 17.4 Å². The van der Waals surface area contributed by atoms with Crippen LogP contribution in [0.5, 0.6) is 0 Å². The number of carbonyl (C=O) groups excluding carboxylic acids is 3. The molecule has 0 saturated carbocycles. The third-order valence-electron chi connectivity index (χ3n) is 5.93. The third kappa shape index (κ3) is 3.37. The van der Waals surface area contributed by atoms with Crippen molar-refractivity contribution in [3.63, 3.8) is 0 Å². The van der Waals surface area contributed by atoms with E-state index in [0.717, 1.165) is 28.1 Å². The summed E-state index contributed by atoms with van der Waals surface area (Å²) < 4.78 is 5.26. The zero-order valence-electron chi connectivity index (χ0n) is 17.0. The second-order valence-electron chi connectivity index (χ2n) is 7.60. The average molecular weight is 436 g/mol. The number of carbonyl (C=O) groups is 3. The molecule has 3 amide bonds.